The molecule has 2 N–H and O–H groups in total. The van der Waals surface area contributed by atoms with Crippen LogP contribution in [0.2, 0.25) is 0 Å². The maximum atomic E-state index is 13.2. The van der Waals surface area contributed by atoms with Crippen LogP contribution in [-0.2, 0) is 4.79 Å². The first-order valence-electron chi connectivity index (χ1n) is 11.1. The molecule has 0 spiro atoms. The van der Waals surface area contributed by atoms with Gasteiger partial charge in [-0.15, -0.1) is 0 Å². The fourth-order valence-electron chi connectivity index (χ4n) is 4.06. The molecule has 2 aromatic carbocycles. The van der Waals surface area contributed by atoms with Gasteiger partial charge in [0.15, 0.2) is 0 Å². The summed E-state index contributed by atoms with van der Waals surface area (Å²) in [4.78, 5) is 40.2. The average Bonchev–Trinajstić information content (AvgIpc) is 3.62. The lowest BCUT2D eigenvalue weighted by molar-refractivity contribution is -0.124. The molecule has 1 aliphatic carbocycles. The summed E-state index contributed by atoms with van der Waals surface area (Å²) in [7, 11) is 0. The van der Waals surface area contributed by atoms with Crippen molar-refractivity contribution in [1.82, 2.24) is 15.5 Å². The second kappa shape index (κ2) is 9.51. The Morgan fingerprint density at radius 3 is 2.09 bits per heavy atom. The topological polar surface area (TPSA) is 78.5 Å². The largest absolute Gasteiger partial charge is 0.352 e. The summed E-state index contributed by atoms with van der Waals surface area (Å²) in [6.07, 6.45) is 3.14. The fraction of sp³-hybridized carbons (Fsp3) is 0.400. The van der Waals surface area contributed by atoms with Crippen LogP contribution in [-0.4, -0.2) is 47.8 Å². The van der Waals surface area contributed by atoms with Crippen molar-refractivity contribution in [3.63, 3.8) is 0 Å². The van der Waals surface area contributed by atoms with Gasteiger partial charge in [-0.2, -0.15) is 0 Å². The third-order valence-corrected chi connectivity index (χ3v) is 6.20. The summed E-state index contributed by atoms with van der Waals surface area (Å²) < 4.78 is 13.2. The molecule has 0 bridgehead atoms. The number of rotatable bonds is 6. The van der Waals surface area contributed by atoms with Crippen molar-refractivity contribution in [1.29, 1.82) is 0 Å². The molecule has 1 saturated carbocycles. The van der Waals surface area contributed by atoms with Gasteiger partial charge < -0.3 is 15.5 Å². The van der Waals surface area contributed by atoms with Crippen LogP contribution in [0.5, 0.6) is 0 Å². The minimum absolute atomic E-state index is 0.0691. The van der Waals surface area contributed by atoms with E-state index in [9.17, 15) is 18.8 Å². The number of nitrogens with one attached hydrogen (secondary N) is 2. The van der Waals surface area contributed by atoms with Gasteiger partial charge >= 0.3 is 0 Å². The summed E-state index contributed by atoms with van der Waals surface area (Å²) in [5.74, 6) is -1.03. The Bertz CT molecular complexity index is 978. The van der Waals surface area contributed by atoms with E-state index in [1.807, 2.05) is 19.1 Å². The number of hydrogen-bond donors (Lipinski definition) is 2. The van der Waals surface area contributed by atoms with Gasteiger partial charge in [0.2, 0.25) is 5.91 Å². The molecule has 1 aliphatic heterocycles. The Labute approximate surface area is 187 Å². The van der Waals surface area contributed by atoms with Crippen molar-refractivity contribution in [3.8, 4) is 0 Å². The third kappa shape index (κ3) is 5.33. The Kier molecular flexibility index (Phi) is 6.53. The van der Waals surface area contributed by atoms with Crippen LogP contribution in [0, 0.1) is 18.7 Å². The van der Waals surface area contributed by atoms with Crippen molar-refractivity contribution in [2.24, 2.45) is 5.92 Å². The number of benzene rings is 2. The van der Waals surface area contributed by atoms with Crippen LogP contribution in [0.15, 0.2) is 48.5 Å². The molecule has 2 aliphatic rings. The zero-order valence-electron chi connectivity index (χ0n) is 18.1. The number of carbonyl (C=O) groups is 3. The molecule has 0 unspecified atom stereocenters. The molecule has 3 amide bonds. The molecule has 2 aromatic rings. The van der Waals surface area contributed by atoms with Crippen LogP contribution in [0.1, 0.15) is 52.0 Å². The Hall–Kier alpha value is -3.22. The number of likely N-dealkylation sites (tertiary alicyclic amines) is 1. The molecule has 1 heterocycles. The number of hydrogen-bond acceptors (Lipinski definition) is 3. The summed E-state index contributed by atoms with van der Waals surface area (Å²) in [6.45, 7) is 2.91. The number of carbonyl (C=O) groups excluding carboxylic acids is 3. The predicted molar refractivity (Wildman–Crippen MR) is 119 cm³/mol. The molecule has 168 valence electrons. The van der Waals surface area contributed by atoms with Crippen LogP contribution in [0.25, 0.3) is 0 Å². The Morgan fingerprint density at radius 1 is 0.906 bits per heavy atom. The lowest BCUT2D eigenvalue weighted by Crippen LogP contribution is -2.54. The van der Waals surface area contributed by atoms with Crippen molar-refractivity contribution in [2.75, 3.05) is 13.1 Å². The summed E-state index contributed by atoms with van der Waals surface area (Å²) in [5.41, 5.74) is 2.02. The molecule has 6 nitrogen and oxygen atoms in total. The van der Waals surface area contributed by atoms with Crippen LogP contribution in [0.4, 0.5) is 4.39 Å². The maximum absolute atomic E-state index is 13.2. The minimum atomic E-state index is -0.646. The van der Waals surface area contributed by atoms with E-state index in [-0.39, 0.29) is 35.5 Å². The van der Waals surface area contributed by atoms with Crippen molar-refractivity contribution < 1.29 is 18.8 Å². The normalized spacial score (nSPS) is 17.5. The van der Waals surface area contributed by atoms with Crippen LogP contribution in [0.3, 0.4) is 0 Å². The SMILES string of the molecule is Cc1ccc(C(=O)N[C@@H](C(=O)NC2CC2)C2CCN(C(=O)c3ccc(F)cc3)CC2)cc1. The first-order chi connectivity index (χ1) is 15.4. The van der Waals surface area contributed by atoms with Gasteiger partial charge in [-0.25, -0.2) is 4.39 Å². The zero-order valence-corrected chi connectivity index (χ0v) is 18.1. The molecule has 0 aromatic heterocycles. The second-order valence-electron chi connectivity index (χ2n) is 8.74. The van der Waals surface area contributed by atoms with Crippen molar-refractivity contribution in [2.45, 2.75) is 44.7 Å². The van der Waals surface area contributed by atoms with Crippen molar-refractivity contribution in [3.05, 3.63) is 71.0 Å². The van der Waals surface area contributed by atoms with Gasteiger partial charge in [-0.05, 0) is 74.9 Å². The van der Waals surface area contributed by atoms with Gasteiger partial charge in [-0.3, -0.25) is 14.4 Å². The fourth-order valence-corrected chi connectivity index (χ4v) is 4.06. The highest BCUT2D eigenvalue weighted by Crippen LogP contribution is 2.25. The van der Waals surface area contributed by atoms with E-state index in [0.717, 1.165) is 18.4 Å². The van der Waals surface area contributed by atoms with Gasteiger partial charge in [-0.1, -0.05) is 17.7 Å². The van der Waals surface area contributed by atoms with E-state index in [4.69, 9.17) is 0 Å². The quantitative estimate of drug-likeness (QED) is 0.729. The van der Waals surface area contributed by atoms with Gasteiger partial charge in [0, 0.05) is 30.3 Å². The number of piperidine rings is 1. The first kappa shape index (κ1) is 22.0. The Morgan fingerprint density at radius 2 is 1.50 bits per heavy atom. The summed E-state index contributed by atoms with van der Waals surface area (Å²) in [6, 6.07) is 12.3. The summed E-state index contributed by atoms with van der Waals surface area (Å²) in [5, 5.41) is 5.95. The number of halogens is 1. The van der Waals surface area contributed by atoms with Gasteiger partial charge in [0.1, 0.15) is 11.9 Å². The highest BCUT2D eigenvalue weighted by molar-refractivity contribution is 5.98. The molecule has 2 fully saturated rings. The highest BCUT2D eigenvalue weighted by Gasteiger charge is 2.36. The molecular formula is C25H28FN3O3. The van der Waals surface area contributed by atoms with Crippen molar-refractivity contribution >= 4 is 17.7 Å². The number of amides is 3. The lowest BCUT2D eigenvalue weighted by atomic mass is 9.88. The van der Waals surface area contributed by atoms with E-state index in [0.29, 0.717) is 37.1 Å². The standard InChI is InChI=1S/C25H28FN3O3/c1-16-2-4-18(5-3-16)23(30)28-22(24(31)27-21-10-11-21)17-12-14-29(15-13-17)25(32)19-6-8-20(26)9-7-19/h2-9,17,21-22H,10-15H2,1H3,(H,27,31)(H,28,30)/t22-/m1/s1. The van der Waals surface area contributed by atoms with E-state index < -0.39 is 6.04 Å². The van der Waals surface area contributed by atoms with E-state index in [2.05, 4.69) is 10.6 Å². The average molecular weight is 438 g/mol. The Balaban J connectivity index is 1.41. The number of nitrogens with zero attached hydrogens (tertiary/aromatic N) is 1. The molecule has 4 rings (SSSR count). The smallest absolute Gasteiger partial charge is 0.253 e. The second-order valence-corrected chi connectivity index (χ2v) is 8.74. The third-order valence-electron chi connectivity index (χ3n) is 6.20. The molecule has 0 radical (unpaired) electrons. The number of aryl methyl sites for hydroxylation is 1. The van der Waals surface area contributed by atoms with Crippen LogP contribution >= 0.6 is 0 Å². The first-order valence-corrected chi connectivity index (χ1v) is 11.1. The van der Waals surface area contributed by atoms with E-state index >= 15 is 0 Å². The molecule has 1 saturated heterocycles. The van der Waals surface area contributed by atoms with Crippen LogP contribution < -0.4 is 10.6 Å². The van der Waals surface area contributed by atoms with E-state index in [1.165, 1.54) is 24.3 Å². The molecule has 32 heavy (non-hydrogen) atoms. The molecule has 1 atom stereocenters. The van der Waals surface area contributed by atoms with Gasteiger partial charge in [0.25, 0.3) is 11.8 Å². The predicted octanol–water partition coefficient (Wildman–Crippen LogP) is 3.06. The minimum Gasteiger partial charge on any atom is -0.352 e. The molecule has 7 heteroatoms. The molecular weight excluding hydrogens is 409 g/mol. The van der Waals surface area contributed by atoms with Gasteiger partial charge in [0.05, 0.1) is 0 Å². The summed E-state index contributed by atoms with van der Waals surface area (Å²) >= 11 is 0. The van der Waals surface area contributed by atoms with E-state index in [1.54, 1.807) is 17.0 Å². The monoisotopic (exact) mass is 437 g/mol. The highest BCUT2D eigenvalue weighted by atomic mass is 19.1. The zero-order chi connectivity index (χ0) is 22.7. The maximum Gasteiger partial charge on any atom is 0.253 e. The lowest BCUT2D eigenvalue weighted by Gasteiger charge is -2.36.